The zero-order chi connectivity index (χ0) is 13.0. The Morgan fingerprint density at radius 2 is 1.72 bits per heavy atom. The lowest BCUT2D eigenvalue weighted by molar-refractivity contribution is 0.545. The van der Waals surface area contributed by atoms with Crippen molar-refractivity contribution in [1.29, 1.82) is 0 Å². The Labute approximate surface area is 109 Å². The first-order chi connectivity index (χ1) is 8.66. The van der Waals surface area contributed by atoms with E-state index in [2.05, 4.69) is 55.3 Å². The number of anilines is 1. The second kappa shape index (κ2) is 5.67. The lowest BCUT2D eigenvalue weighted by atomic mass is 9.95. The molecule has 0 spiro atoms. The van der Waals surface area contributed by atoms with Crippen molar-refractivity contribution in [3.8, 4) is 0 Å². The summed E-state index contributed by atoms with van der Waals surface area (Å²) in [6.45, 7) is 6.56. The van der Waals surface area contributed by atoms with E-state index in [9.17, 15) is 0 Å². The number of benzene rings is 1. The highest BCUT2D eigenvalue weighted by Gasteiger charge is 2.15. The van der Waals surface area contributed by atoms with Gasteiger partial charge in [-0.1, -0.05) is 49.7 Å². The third-order valence-electron chi connectivity index (χ3n) is 3.07. The average Bonchev–Trinajstić information content (AvgIpc) is 2.38. The molecule has 94 valence electrons. The van der Waals surface area contributed by atoms with Gasteiger partial charge in [-0.05, 0) is 30.5 Å². The zero-order valence-corrected chi connectivity index (χ0v) is 11.2. The minimum absolute atomic E-state index is 0.292. The van der Waals surface area contributed by atoms with Gasteiger partial charge in [0.25, 0.3) is 0 Å². The van der Waals surface area contributed by atoms with Crippen molar-refractivity contribution in [1.82, 2.24) is 4.98 Å². The summed E-state index contributed by atoms with van der Waals surface area (Å²) in [5.41, 5.74) is 2.60. The van der Waals surface area contributed by atoms with Crippen LogP contribution in [0.5, 0.6) is 0 Å². The summed E-state index contributed by atoms with van der Waals surface area (Å²) in [6, 6.07) is 14.9. The second-order valence-electron chi connectivity index (χ2n) is 4.99. The third kappa shape index (κ3) is 3.10. The molecule has 1 heterocycles. The SMILES string of the molecule is Cc1ccc(C(Nc2ccccn2)C(C)C)cc1. The van der Waals surface area contributed by atoms with Crippen molar-refractivity contribution >= 4 is 5.82 Å². The van der Waals surface area contributed by atoms with Gasteiger partial charge in [0.1, 0.15) is 5.82 Å². The summed E-state index contributed by atoms with van der Waals surface area (Å²) in [5.74, 6) is 1.44. The van der Waals surface area contributed by atoms with Crippen LogP contribution in [0.3, 0.4) is 0 Å². The van der Waals surface area contributed by atoms with Crippen molar-refractivity contribution in [2.45, 2.75) is 26.8 Å². The number of aromatic nitrogens is 1. The molecule has 2 rings (SSSR count). The van der Waals surface area contributed by atoms with E-state index in [-0.39, 0.29) is 0 Å². The Morgan fingerprint density at radius 1 is 1.00 bits per heavy atom. The van der Waals surface area contributed by atoms with Crippen LogP contribution in [0.1, 0.15) is 31.0 Å². The predicted molar refractivity (Wildman–Crippen MR) is 76.6 cm³/mol. The average molecular weight is 240 g/mol. The highest BCUT2D eigenvalue weighted by molar-refractivity contribution is 5.38. The molecular weight excluding hydrogens is 220 g/mol. The summed E-state index contributed by atoms with van der Waals surface area (Å²) in [6.07, 6.45) is 1.81. The lowest BCUT2D eigenvalue weighted by Crippen LogP contribution is -2.17. The van der Waals surface area contributed by atoms with Crippen LogP contribution in [-0.2, 0) is 0 Å². The number of pyridine rings is 1. The van der Waals surface area contributed by atoms with E-state index >= 15 is 0 Å². The molecule has 1 aromatic carbocycles. The lowest BCUT2D eigenvalue weighted by Gasteiger charge is -2.23. The summed E-state index contributed by atoms with van der Waals surface area (Å²) < 4.78 is 0. The van der Waals surface area contributed by atoms with Gasteiger partial charge in [-0.2, -0.15) is 0 Å². The van der Waals surface area contributed by atoms with Crippen LogP contribution in [0.15, 0.2) is 48.7 Å². The normalized spacial score (nSPS) is 12.4. The number of nitrogens with zero attached hydrogens (tertiary/aromatic N) is 1. The van der Waals surface area contributed by atoms with E-state index in [1.54, 1.807) is 0 Å². The molecule has 2 heteroatoms. The molecule has 1 N–H and O–H groups in total. The first kappa shape index (κ1) is 12.6. The molecule has 0 saturated heterocycles. The van der Waals surface area contributed by atoms with E-state index in [1.807, 2.05) is 24.4 Å². The van der Waals surface area contributed by atoms with Gasteiger partial charge in [0.05, 0.1) is 6.04 Å². The predicted octanol–water partition coefficient (Wildman–Crippen LogP) is 4.20. The van der Waals surface area contributed by atoms with Crippen LogP contribution in [0, 0.1) is 12.8 Å². The molecule has 0 bridgehead atoms. The summed E-state index contributed by atoms with van der Waals surface area (Å²) in [7, 11) is 0. The standard InChI is InChI=1S/C16H20N2/c1-12(2)16(14-9-7-13(3)8-10-14)18-15-6-4-5-11-17-15/h4-12,16H,1-3H3,(H,17,18). The molecule has 2 nitrogen and oxygen atoms in total. The van der Waals surface area contributed by atoms with Gasteiger partial charge in [0, 0.05) is 6.20 Å². The molecule has 0 amide bonds. The number of hydrogen-bond donors (Lipinski definition) is 1. The van der Waals surface area contributed by atoms with Crippen molar-refractivity contribution in [2.24, 2.45) is 5.92 Å². The van der Waals surface area contributed by atoms with E-state index in [0.717, 1.165) is 5.82 Å². The largest absolute Gasteiger partial charge is 0.363 e. The first-order valence-electron chi connectivity index (χ1n) is 6.41. The Kier molecular flexibility index (Phi) is 3.98. The van der Waals surface area contributed by atoms with E-state index in [1.165, 1.54) is 11.1 Å². The Bertz CT molecular complexity index is 474. The van der Waals surface area contributed by atoms with Crippen LogP contribution in [0.4, 0.5) is 5.82 Å². The van der Waals surface area contributed by atoms with Crippen LogP contribution >= 0.6 is 0 Å². The van der Waals surface area contributed by atoms with Gasteiger partial charge in [0.15, 0.2) is 0 Å². The smallest absolute Gasteiger partial charge is 0.126 e. The highest BCUT2D eigenvalue weighted by Crippen LogP contribution is 2.25. The number of rotatable bonds is 4. The van der Waals surface area contributed by atoms with Gasteiger partial charge in [-0.3, -0.25) is 0 Å². The molecule has 0 aliphatic carbocycles. The fourth-order valence-electron chi connectivity index (χ4n) is 2.02. The van der Waals surface area contributed by atoms with Crippen LogP contribution < -0.4 is 5.32 Å². The van der Waals surface area contributed by atoms with Gasteiger partial charge in [0.2, 0.25) is 0 Å². The molecule has 0 aliphatic rings. The third-order valence-corrected chi connectivity index (χ3v) is 3.07. The van der Waals surface area contributed by atoms with Crippen molar-refractivity contribution < 1.29 is 0 Å². The molecule has 1 aromatic heterocycles. The van der Waals surface area contributed by atoms with Crippen LogP contribution in [-0.4, -0.2) is 4.98 Å². The maximum absolute atomic E-state index is 4.33. The van der Waals surface area contributed by atoms with Crippen molar-refractivity contribution in [3.05, 3.63) is 59.8 Å². The maximum Gasteiger partial charge on any atom is 0.126 e. The molecule has 0 radical (unpaired) electrons. The Hall–Kier alpha value is -1.83. The Morgan fingerprint density at radius 3 is 2.28 bits per heavy atom. The van der Waals surface area contributed by atoms with Crippen molar-refractivity contribution in [2.75, 3.05) is 5.32 Å². The number of hydrogen-bond acceptors (Lipinski definition) is 2. The zero-order valence-electron chi connectivity index (χ0n) is 11.2. The van der Waals surface area contributed by atoms with Gasteiger partial charge in [-0.15, -0.1) is 0 Å². The van der Waals surface area contributed by atoms with E-state index in [4.69, 9.17) is 0 Å². The highest BCUT2D eigenvalue weighted by atomic mass is 15.0. The fraction of sp³-hybridized carbons (Fsp3) is 0.312. The van der Waals surface area contributed by atoms with E-state index in [0.29, 0.717) is 12.0 Å². The summed E-state index contributed by atoms with van der Waals surface area (Å²) in [4.78, 5) is 4.33. The van der Waals surface area contributed by atoms with Gasteiger partial charge >= 0.3 is 0 Å². The van der Waals surface area contributed by atoms with Crippen LogP contribution in [0.25, 0.3) is 0 Å². The molecule has 1 atom stereocenters. The molecule has 1 unspecified atom stereocenters. The Balaban J connectivity index is 2.21. The minimum Gasteiger partial charge on any atom is -0.363 e. The minimum atomic E-state index is 0.292. The maximum atomic E-state index is 4.33. The number of aryl methyl sites for hydroxylation is 1. The molecule has 0 fully saturated rings. The number of nitrogens with one attached hydrogen (secondary N) is 1. The van der Waals surface area contributed by atoms with Crippen molar-refractivity contribution in [3.63, 3.8) is 0 Å². The first-order valence-corrected chi connectivity index (χ1v) is 6.41. The molecule has 0 aliphatic heterocycles. The summed E-state index contributed by atoms with van der Waals surface area (Å²) in [5, 5.41) is 3.50. The van der Waals surface area contributed by atoms with Crippen LogP contribution in [0.2, 0.25) is 0 Å². The molecular formula is C16H20N2. The second-order valence-corrected chi connectivity index (χ2v) is 4.99. The molecule has 2 aromatic rings. The monoisotopic (exact) mass is 240 g/mol. The fourth-order valence-corrected chi connectivity index (χ4v) is 2.02. The molecule has 0 saturated carbocycles. The quantitative estimate of drug-likeness (QED) is 0.866. The van der Waals surface area contributed by atoms with Gasteiger partial charge < -0.3 is 5.32 Å². The summed E-state index contributed by atoms with van der Waals surface area (Å²) >= 11 is 0. The van der Waals surface area contributed by atoms with E-state index < -0.39 is 0 Å². The topological polar surface area (TPSA) is 24.9 Å². The van der Waals surface area contributed by atoms with Gasteiger partial charge in [-0.25, -0.2) is 4.98 Å². The molecule has 18 heavy (non-hydrogen) atoms.